The summed E-state index contributed by atoms with van der Waals surface area (Å²) in [6.45, 7) is 7.66. The van der Waals surface area contributed by atoms with Crippen LogP contribution in [0.1, 0.15) is 34.1 Å². The van der Waals surface area contributed by atoms with Gasteiger partial charge in [0.05, 0.1) is 10.9 Å². The minimum Gasteiger partial charge on any atom is -0.350 e. The van der Waals surface area contributed by atoms with Gasteiger partial charge in [0.2, 0.25) is 5.91 Å². The number of hydrogen-bond donors (Lipinski definition) is 1. The monoisotopic (exact) mass is 430 g/mol. The summed E-state index contributed by atoms with van der Waals surface area (Å²) in [6, 6.07) is 12.5. The van der Waals surface area contributed by atoms with E-state index in [0.29, 0.717) is 11.0 Å². The summed E-state index contributed by atoms with van der Waals surface area (Å²) >= 11 is 1.17. The molecule has 0 aliphatic carbocycles. The number of amides is 1. The fourth-order valence-corrected chi connectivity index (χ4v) is 3.60. The van der Waals surface area contributed by atoms with Crippen molar-refractivity contribution in [3.05, 3.63) is 60.2 Å². The Labute approximate surface area is 178 Å². The Morgan fingerprint density at radius 3 is 2.50 bits per heavy atom. The molecule has 3 rings (SSSR count). The molecule has 2 aromatic carbocycles. The number of aromatic nitrogens is 3. The second-order valence-electron chi connectivity index (χ2n) is 7.59. The number of nitrogens with zero attached hydrogens (tertiary/aromatic N) is 3. The molecular formula is C22H24F2N4OS. The van der Waals surface area contributed by atoms with Gasteiger partial charge in [-0.25, -0.2) is 8.78 Å². The number of thioether (sulfide) groups is 1. The molecule has 1 amide bonds. The summed E-state index contributed by atoms with van der Waals surface area (Å²) in [5.41, 5.74) is 0.506. The zero-order valence-electron chi connectivity index (χ0n) is 17.3. The predicted octanol–water partition coefficient (Wildman–Crippen LogP) is 5.00. The van der Waals surface area contributed by atoms with Crippen LogP contribution < -0.4 is 5.32 Å². The Kier molecular flexibility index (Phi) is 6.55. The Hall–Kier alpha value is -2.74. The average Bonchev–Trinajstić information content (AvgIpc) is 3.11. The first-order valence-electron chi connectivity index (χ1n) is 9.67. The SMILES string of the molecule is CCC(C)(C)NC(=O)C(C)Sc1nnc(-c2ccccc2)n1-c1ccc(F)cc1F. The van der Waals surface area contributed by atoms with Crippen LogP contribution in [0.4, 0.5) is 8.78 Å². The van der Waals surface area contributed by atoms with E-state index in [2.05, 4.69) is 15.5 Å². The number of halogens is 2. The molecule has 0 fully saturated rings. The van der Waals surface area contributed by atoms with E-state index in [1.807, 2.05) is 51.1 Å². The third kappa shape index (κ3) is 4.87. The molecule has 0 aliphatic rings. The van der Waals surface area contributed by atoms with Crippen molar-refractivity contribution >= 4 is 17.7 Å². The molecule has 30 heavy (non-hydrogen) atoms. The molecule has 1 aromatic heterocycles. The van der Waals surface area contributed by atoms with Crippen LogP contribution in [0.5, 0.6) is 0 Å². The van der Waals surface area contributed by atoms with E-state index in [1.54, 1.807) is 6.92 Å². The lowest BCUT2D eigenvalue weighted by Crippen LogP contribution is -2.46. The van der Waals surface area contributed by atoms with Gasteiger partial charge in [-0.3, -0.25) is 9.36 Å². The van der Waals surface area contributed by atoms with Gasteiger partial charge >= 0.3 is 0 Å². The molecular weight excluding hydrogens is 406 g/mol. The van der Waals surface area contributed by atoms with Gasteiger partial charge in [-0.2, -0.15) is 0 Å². The fraction of sp³-hybridized carbons (Fsp3) is 0.318. The van der Waals surface area contributed by atoms with E-state index in [1.165, 1.54) is 28.5 Å². The number of nitrogens with one attached hydrogen (secondary N) is 1. The van der Waals surface area contributed by atoms with Crippen LogP contribution in [0.25, 0.3) is 17.1 Å². The van der Waals surface area contributed by atoms with Crippen molar-refractivity contribution in [1.82, 2.24) is 20.1 Å². The van der Waals surface area contributed by atoms with Crippen molar-refractivity contribution in [3.63, 3.8) is 0 Å². The second-order valence-corrected chi connectivity index (χ2v) is 8.90. The molecule has 0 saturated heterocycles. The Balaban J connectivity index is 2.01. The number of carbonyl (C=O) groups is 1. The van der Waals surface area contributed by atoms with Crippen molar-refractivity contribution in [2.75, 3.05) is 0 Å². The Morgan fingerprint density at radius 1 is 1.17 bits per heavy atom. The molecule has 1 unspecified atom stereocenters. The molecule has 1 heterocycles. The summed E-state index contributed by atoms with van der Waals surface area (Å²) in [5.74, 6) is -1.15. The standard InChI is InChI=1S/C22H24F2N4OS/c1-5-22(3,4)25-20(29)14(2)30-21-27-26-19(15-9-7-6-8-10-15)28(21)18-12-11-16(23)13-17(18)24/h6-14H,5H2,1-4H3,(H,25,29). The van der Waals surface area contributed by atoms with E-state index in [9.17, 15) is 13.6 Å². The zero-order valence-corrected chi connectivity index (χ0v) is 18.1. The van der Waals surface area contributed by atoms with Crippen molar-refractivity contribution in [2.24, 2.45) is 0 Å². The number of carbonyl (C=O) groups excluding carboxylic acids is 1. The van der Waals surface area contributed by atoms with Crippen LogP contribution in [-0.2, 0) is 4.79 Å². The van der Waals surface area contributed by atoms with Crippen molar-refractivity contribution in [3.8, 4) is 17.1 Å². The van der Waals surface area contributed by atoms with E-state index >= 15 is 0 Å². The lowest BCUT2D eigenvalue weighted by Gasteiger charge is -2.26. The molecule has 0 spiro atoms. The maximum absolute atomic E-state index is 14.6. The van der Waals surface area contributed by atoms with Gasteiger partial charge in [0.1, 0.15) is 11.6 Å². The summed E-state index contributed by atoms with van der Waals surface area (Å²) in [7, 11) is 0. The van der Waals surface area contributed by atoms with E-state index in [4.69, 9.17) is 0 Å². The minimum atomic E-state index is -0.738. The quantitative estimate of drug-likeness (QED) is 0.536. The first kappa shape index (κ1) is 22.0. The number of benzene rings is 2. The first-order chi connectivity index (χ1) is 14.2. The number of rotatable bonds is 7. The lowest BCUT2D eigenvalue weighted by atomic mass is 10.0. The summed E-state index contributed by atoms with van der Waals surface area (Å²) in [4.78, 5) is 12.6. The van der Waals surface area contributed by atoms with Crippen LogP contribution in [0, 0.1) is 11.6 Å². The molecule has 158 valence electrons. The van der Waals surface area contributed by atoms with Crippen LogP contribution in [0.3, 0.4) is 0 Å². The normalized spacial score (nSPS) is 12.6. The van der Waals surface area contributed by atoms with E-state index < -0.39 is 16.9 Å². The molecule has 1 atom stereocenters. The van der Waals surface area contributed by atoms with Crippen LogP contribution in [0.2, 0.25) is 0 Å². The highest BCUT2D eigenvalue weighted by molar-refractivity contribution is 8.00. The van der Waals surface area contributed by atoms with Gasteiger partial charge in [-0.15, -0.1) is 10.2 Å². The van der Waals surface area contributed by atoms with Gasteiger partial charge in [-0.05, 0) is 39.3 Å². The molecule has 5 nitrogen and oxygen atoms in total. The van der Waals surface area contributed by atoms with Gasteiger partial charge in [0.25, 0.3) is 0 Å². The topological polar surface area (TPSA) is 59.8 Å². The van der Waals surface area contributed by atoms with Gasteiger partial charge < -0.3 is 5.32 Å². The van der Waals surface area contributed by atoms with Crippen molar-refractivity contribution < 1.29 is 13.6 Å². The maximum Gasteiger partial charge on any atom is 0.233 e. The largest absolute Gasteiger partial charge is 0.350 e. The molecule has 3 aromatic rings. The average molecular weight is 431 g/mol. The maximum atomic E-state index is 14.6. The molecule has 0 aliphatic heterocycles. The smallest absolute Gasteiger partial charge is 0.233 e. The zero-order chi connectivity index (χ0) is 21.9. The Bertz CT molecular complexity index is 1040. The highest BCUT2D eigenvalue weighted by Gasteiger charge is 2.26. The summed E-state index contributed by atoms with van der Waals surface area (Å²) in [5, 5.41) is 11.3. The van der Waals surface area contributed by atoms with Crippen molar-refractivity contribution in [1.29, 1.82) is 0 Å². The predicted molar refractivity (Wildman–Crippen MR) is 115 cm³/mol. The third-order valence-electron chi connectivity index (χ3n) is 4.81. The summed E-state index contributed by atoms with van der Waals surface area (Å²) in [6.07, 6.45) is 0.783. The molecule has 8 heteroatoms. The highest BCUT2D eigenvalue weighted by atomic mass is 32.2. The fourth-order valence-electron chi connectivity index (χ4n) is 2.74. The van der Waals surface area contributed by atoms with Crippen LogP contribution >= 0.6 is 11.8 Å². The van der Waals surface area contributed by atoms with Gasteiger partial charge in [-0.1, -0.05) is 49.0 Å². The van der Waals surface area contributed by atoms with Gasteiger partial charge in [0, 0.05) is 17.2 Å². The second kappa shape index (κ2) is 8.95. The van der Waals surface area contributed by atoms with Crippen LogP contribution in [-0.4, -0.2) is 31.5 Å². The lowest BCUT2D eigenvalue weighted by molar-refractivity contribution is -0.121. The molecule has 0 saturated carbocycles. The van der Waals surface area contributed by atoms with Crippen molar-refractivity contribution in [2.45, 2.75) is 50.1 Å². The first-order valence-corrected chi connectivity index (χ1v) is 10.5. The molecule has 0 radical (unpaired) electrons. The van der Waals surface area contributed by atoms with E-state index in [0.717, 1.165) is 18.1 Å². The summed E-state index contributed by atoms with van der Waals surface area (Å²) < 4.78 is 29.6. The van der Waals surface area contributed by atoms with E-state index in [-0.39, 0.29) is 17.1 Å². The van der Waals surface area contributed by atoms with Gasteiger partial charge in [0.15, 0.2) is 11.0 Å². The molecule has 0 bridgehead atoms. The Morgan fingerprint density at radius 2 is 1.87 bits per heavy atom. The van der Waals surface area contributed by atoms with Crippen LogP contribution in [0.15, 0.2) is 53.7 Å². The molecule has 1 N–H and O–H groups in total. The number of hydrogen-bond acceptors (Lipinski definition) is 4. The highest BCUT2D eigenvalue weighted by Crippen LogP contribution is 2.31. The minimum absolute atomic E-state index is 0.115. The third-order valence-corrected chi connectivity index (χ3v) is 5.86.